The molecular formula is C18H15FN4O3. The van der Waals surface area contributed by atoms with Gasteiger partial charge in [0.2, 0.25) is 5.91 Å². The summed E-state index contributed by atoms with van der Waals surface area (Å²) in [6.45, 7) is 0.487. The number of amides is 1. The molecule has 0 aliphatic rings. The summed E-state index contributed by atoms with van der Waals surface area (Å²) in [6.07, 6.45) is 3.04. The number of halogens is 1. The molecule has 7 nitrogen and oxygen atoms in total. The van der Waals surface area contributed by atoms with Gasteiger partial charge >= 0.3 is 0 Å². The number of aromatic nitrogens is 3. The molecule has 0 saturated carbocycles. The number of hydrogen-bond donors (Lipinski definition) is 2. The average Bonchev–Trinajstić information content (AvgIpc) is 3.27. The number of rotatable bonds is 5. The van der Waals surface area contributed by atoms with Crippen molar-refractivity contribution in [3.8, 4) is 0 Å². The van der Waals surface area contributed by atoms with E-state index in [1.54, 1.807) is 18.2 Å². The van der Waals surface area contributed by atoms with E-state index in [1.165, 1.54) is 29.3 Å². The normalized spacial score (nSPS) is 11.3. The quantitative estimate of drug-likeness (QED) is 0.575. The predicted molar refractivity (Wildman–Crippen MR) is 93.0 cm³/mol. The number of aryl methyl sites for hydroxylation is 1. The lowest BCUT2D eigenvalue weighted by molar-refractivity contribution is -0.121. The Morgan fingerprint density at radius 3 is 3.04 bits per heavy atom. The first-order chi connectivity index (χ1) is 12.6. The van der Waals surface area contributed by atoms with Gasteiger partial charge in [0.05, 0.1) is 19.1 Å². The SMILES string of the molecule is O=C(CCn1cnc2c([nH]c3ccc(F)cc32)c1=O)NCc1ccco1. The van der Waals surface area contributed by atoms with Crippen molar-refractivity contribution in [2.45, 2.75) is 19.5 Å². The lowest BCUT2D eigenvalue weighted by Crippen LogP contribution is -2.27. The summed E-state index contributed by atoms with van der Waals surface area (Å²) >= 11 is 0. The Labute approximate surface area is 146 Å². The van der Waals surface area contributed by atoms with E-state index in [0.29, 0.717) is 34.2 Å². The number of carbonyl (C=O) groups is 1. The van der Waals surface area contributed by atoms with Crippen LogP contribution < -0.4 is 10.9 Å². The van der Waals surface area contributed by atoms with E-state index < -0.39 is 5.82 Å². The Hall–Kier alpha value is -3.42. The number of nitrogens with one attached hydrogen (secondary N) is 2. The fraction of sp³-hybridized carbons (Fsp3) is 0.167. The summed E-state index contributed by atoms with van der Waals surface area (Å²) in [5.41, 5.74) is 1.05. The van der Waals surface area contributed by atoms with Gasteiger partial charge < -0.3 is 14.7 Å². The second-order valence-corrected chi connectivity index (χ2v) is 5.89. The van der Waals surface area contributed by atoms with E-state index in [1.807, 2.05) is 0 Å². The molecule has 4 aromatic rings. The highest BCUT2D eigenvalue weighted by molar-refractivity contribution is 6.04. The van der Waals surface area contributed by atoms with E-state index in [2.05, 4.69) is 15.3 Å². The van der Waals surface area contributed by atoms with E-state index in [0.717, 1.165) is 0 Å². The van der Waals surface area contributed by atoms with Crippen LogP contribution in [0.2, 0.25) is 0 Å². The molecule has 0 bridgehead atoms. The van der Waals surface area contributed by atoms with Crippen LogP contribution in [-0.2, 0) is 17.9 Å². The van der Waals surface area contributed by atoms with Gasteiger partial charge in [-0.05, 0) is 30.3 Å². The number of aromatic amines is 1. The fourth-order valence-electron chi connectivity index (χ4n) is 2.83. The minimum absolute atomic E-state index is 0.128. The van der Waals surface area contributed by atoms with Crippen LogP contribution in [0.5, 0.6) is 0 Å². The number of carbonyl (C=O) groups excluding carboxylic acids is 1. The fourth-order valence-corrected chi connectivity index (χ4v) is 2.83. The molecule has 26 heavy (non-hydrogen) atoms. The van der Waals surface area contributed by atoms with Crippen molar-refractivity contribution in [3.05, 3.63) is 64.9 Å². The van der Waals surface area contributed by atoms with Crippen LogP contribution in [0, 0.1) is 5.82 Å². The molecule has 132 valence electrons. The lowest BCUT2D eigenvalue weighted by Gasteiger charge is -2.06. The van der Waals surface area contributed by atoms with Gasteiger partial charge in [0.25, 0.3) is 5.56 Å². The highest BCUT2D eigenvalue weighted by Gasteiger charge is 2.12. The number of fused-ring (bicyclic) bond motifs is 3. The topological polar surface area (TPSA) is 92.9 Å². The zero-order valence-corrected chi connectivity index (χ0v) is 13.7. The van der Waals surface area contributed by atoms with Crippen LogP contribution in [0.1, 0.15) is 12.2 Å². The van der Waals surface area contributed by atoms with Gasteiger partial charge in [-0.25, -0.2) is 9.37 Å². The van der Waals surface area contributed by atoms with Crippen molar-refractivity contribution in [2.24, 2.45) is 0 Å². The molecule has 0 saturated heterocycles. The van der Waals surface area contributed by atoms with Gasteiger partial charge in [-0.1, -0.05) is 0 Å². The first kappa shape index (κ1) is 16.1. The third-order valence-electron chi connectivity index (χ3n) is 4.15. The first-order valence-electron chi connectivity index (χ1n) is 8.07. The lowest BCUT2D eigenvalue weighted by atomic mass is 10.2. The molecule has 0 radical (unpaired) electrons. The molecule has 0 fully saturated rings. The molecule has 4 rings (SSSR count). The van der Waals surface area contributed by atoms with Gasteiger partial charge in [0.15, 0.2) is 0 Å². The monoisotopic (exact) mass is 354 g/mol. The minimum atomic E-state index is -0.391. The summed E-state index contributed by atoms with van der Waals surface area (Å²) in [5.74, 6) is 0.0635. The van der Waals surface area contributed by atoms with Crippen LogP contribution >= 0.6 is 0 Å². The van der Waals surface area contributed by atoms with Gasteiger partial charge in [0.1, 0.15) is 22.6 Å². The maximum Gasteiger partial charge on any atom is 0.277 e. The molecule has 0 aliphatic heterocycles. The summed E-state index contributed by atoms with van der Waals surface area (Å²) in [6, 6.07) is 7.74. The Morgan fingerprint density at radius 2 is 2.23 bits per heavy atom. The van der Waals surface area contributed by atoms with E-state index >= 15 is 0 Å². The summed E-state index contributed by atoms with van der Waals surface area (Å²) in [5, 5.41) is 3.28. The summed E-state index contributed by atoms with van der Waals surface area (Å²) < 4.78 is 19.9. The van der Waals surface area contributed by atoms with E-state index in [4.69, 9.17) is 4.42 Å². The number of benzene rings is 1. The molecule has 0 unspecified atom stereocenters. The van der Waals surface area contributed by atoms with Crippen molar-refractivity contribution in [1.29, 1.82) is 0 Å². The number of hydrogen-bond acceptors (Lipinski definition) is 4. The van der Waals surface area contributed by atoms with Crippen molar-refractivity contribution in [3.63, 3.8) is 0 Å². The molecule has 2 N–H and O–H groups in total. The Kier molecular flexibility index (Phi) is 4.00. The Bertz CT molecular complexity index is 1140. The second kappa shape index (κ2) is 6.47. The maximum absolute atomic E-state index is 13.4. The third-order valence-corrected chi connectivity index (χ3v) is 4.15. The van der Waals surface area contributed by atoms with Crippen LogP contribution in [0.4, 0.5) is 4.39 Å². The van der Waals surface area contributed by atoms with Gasteiger partial charge in [-0.2, -0.15) is 0 Å². The van der Waals surface area contributed by atoms with E-state index in [9.17, 15) is 14.0 Å². The molecule has 1 amide bonds. The summed E-state index contributed by atoms with van der Waals surface area (Å²) in [7, 11) is 0. The Morgan fingerprint density at radius 1 is 1.35 bits per heavy atom. The van der Waals surface area contributed by atoms with Crippen LogP contribution in [-0.4, -0.2) is 20.4 Å². The molecule has 0 spiro atoms. The molecule has 0 aliphatic carbocycles. The third kappa shape index (κ3) is 2.97. The molecule has 3 aromatic heterocycles. The maximum atomic E-state index is 13.4. The second-order valence-electron chi connectivity index (χ2n) is 5.89. The number of furan rings is 1. The predicted octanol–water partition coefficient (Wildman–Crippen LogP) is 2.32. The van der Waals surface area contributed by atoms with Crippen molar-refractivity contribution in [2.75, 3.05) is 0 Å². The zero-order valence-electron chi connectivity index (χ0n) is 13.7. The zero-order chi connectivity index (χ0) is 18.1. The van der Waals surface area contributed by atoms with E-state index in [-0.39, 0.29) is 24.4 Å². The smallest absolute Gasteiger partial charge is 0.277 e. The number of nitrogens with zero attached hydrogens (tertiary/aromatic N) is 2. The van der Waals surface area contributed by atoms with Gasteiger partial charge in [-0.15, -0.1) is 0 Å². The van der Waals surface area contributed by atoms with Crippen molar-refractivity contribution in [1.82, 2.24) is 19.9 Å². The minimum Gasteiger partial charge on any atom is -0.467 e. The molecular weight excluding hydrogens is 339 g/mol. The highest BCUT2D eigenvalue weighted by Crippen LogP contribution is 2.22. The largest absolute Gasteiger partial charge is 0.467 e. The van der Waals surface area contributed by atoms with Gasteiger partial charge in [0, 0.05) is 23.9 Å². The standard InChI is InChI=1S/C18H15FN4O3/c19-11-3-4-14-13(8-11)16-17(22-14)18(25)23(10-21-16)6-5-15(24)20-9-12-2-1-7-26-12/h1-4,7-8,10,22H,5-6,9H2,(H,20,24). The molecule has 0 atom stereocenters. The Balaban J connectivity index is 1.51. The van der Waals surface area contributed by atoms with Crippen LogP contribution in [0.15, 0.2) is 52.1 Å². The van der Waals surface area contributed by atoms with Crippen molar-refractivity contribution < 1.29 is 13.6 Å². The highest BCUT2D eigenvalue weighted by atomic mass is 19.1. The molecule has 1 aromatic carbocycles. The first-order valence-corrected chi connectivity index (χ1v) is 8.07. The van der Waals surface area contributed by atoms with Crippen LogP contribution in [0.3, 0.4) is 0 Å². The van der Waals surface area contributed by atoms with Gasteiger partial charge in [-0.3, -0.25) is 14.2 Å². The number of H-pyrrole nitrogens is 1. The molecule has 3 heterocycles. The van der Waals surface area contributed by atoms with Crippen molar-refractivity contribution >= 4 is 27.8 Å². The molecule has 8 heteroatoms. The summed E-state index contributed by atoms with van der Waals surface area (Å²) in [4.78, 5) is 31.7. The average molecular weight is 354 g/mol. The van der Waals surface area contributed by atoms with Crippen LogP contribution in [0.25, 0.3) is 21.9 Å².